The van der Waals surface area contributed by atoms with Gasteiger partial charge < -0.3 is 9.64 Å². The number of carbonyl (C=O) groups excluding carboxylic acids is 1. The second-order valence-corrected chi connectivity index (χ2v) is 9.19. The van der Waals surface area contributed by atoms with Crippen LogP contribution in [0, 0.1) is 11.6 Å². The van der Waals surface area contributed by atoms with E-state index in [9.17, 15) is 13.6 Å². The fourth-order valence-electron chi connectivity index (χ4n) is 5.01. The first-order valence-electron chi connectivity index (χ1n) is 12.4. The Bertz CT molecular complexity index is 957. The minimum Gasteiger partial charge on any atom is -0.464 e. The monoisotopic (exact) mass is 543 g/mol. The van der Waals surface area contributed by atoms with Crippen molar-refractivity contribution in [3.05, 3.63) is 65.2 Å². The van der Waals surface area contributed by atoms with Crippen molar-refractivity contribution in [2.75, 3.05) is 63.9 Å². The summed E-state index contributed by atoms with van der Waals surface area (Å²) in [5, 5.41) is 0. The highest BCUT2D eigenvalue weighted by molar-refractivity contribution is 5.85. The van der Waals surface area contributed by atoms with E-state index in [2.05, 4.69) is 14.7 Å². The highest BCUT2D eigenvalue weighted by Crippen LogP contribution is 2.39. The van der Waals surface area contributed by atoms with E-state index in [1.54, 1.807) is 13.0 Å². The highest BCUT2D eigenvalue weighted by atomic mass is 35.5. The summed E-state index contributed by atoms with van der Waals surface area (Å²) in [5.74, 6) is -0.456. The molecule has 0 saturated carbocycles. The molecule has 200 valence electrons. The molecular weight excluding hydrogens is 507 g/mol. The van der Waals surface area contributed by atoms with Crippen molar-refractivity contribution in [3.8, 4) is 0 Å². The van der Waals surface area contributed by atoms with Crippen molar-refractivity contribution in [2.45, 2.75) is 32.1 Å². The third-order valence-electron chi connectivity index (χ3n) is 7.01. The Labute approximate surface area is 225 Å². The Hall–Kier alpha value is -1.93. The van der Waals surface area contributed by atoms with Gasteiger partial charge in [-0.25, -0.2) is 8.78 Å². The van der Waals surface area contributed by atoms with Crippen molar-refractivity contribution in [1.82, 2.24) is 9.80 Å². The third-order valence-corrected chi connectivity index (χ3v) is 7.01. The third kappa shape index (κ3) is 8.04. The number of benzene rings is 2. The van der Waals surface area contributed by atoms with Gasteiger partial charge in [-0.1, -0.05) is 25.1 Å². The van der Waals surface area contributed by atoms with Crippen LogP contribution in [0.25, 0.3) is 0 Å². The van der Waals surface area contributed by atoms with E-state index in [-0.39, 0.29) is 48.3 Å². The van der Waals surface area contributed by atoms with Gasteiger partial charge in [-0.2, -0.15) is 0 Å². The molecule has 1 unspecified atom stereocenters. The summed E-state index contributed by atoms with van der Waals surface area (Å²) in [6.07, 6.45) is 2.38. The number of carbonyl (C=O) groups is 1. The molecule has 0 bridgehead atoms. The molecule has 2 aromatic carbocycles. The molecule has 1 fully saturated rings. The van der Waals surface area contributed by atoms with Crippen LogP contribution in [0.15, 0.2) is 42.5 Å². The van der Waals surface area contributed by atoms with Crippen molar-refractivity contribution in [3.63, 3.8) is 0 Å². The van der Waals surface area contributed by atoms with Gasteiger partial charge in [0.25, 0.3) is 0 Å². The molecule has 1 atom stereocenters. The van der Waals surface area contributed by atoms with E-state index < -0.39 is 0 Å². The Morgan fingerprint density at radius 1 is 0.889 bits per heavy atom. The summed E-state index contributed by atoms with van der Waals surface area (Å²) in [5.41, 5.74) is 3.16. The molecule has 36 heavy (non-hydrogen) atoms. The number of hydrogen-bond acceptors (Lipinski definition) is 5. The normalized spacial score (nSPS) is 18.4. The molecule has 1 saturated heterocycles. The van der Waals surface area contributed by atoms with Gasteiger partial charge in [-0.3, -0.25) is 14.6 Å². The van der Waals surface area contributed by atoms with Crippen molar-refractivity contribution in [1.29, 1.82) is 0 Å². The summed E-state index contributed by atoms with van der Waals surface area (Å²) in [7, 11) is 0. The van der Waals surface area contributed by atoms with Gasteiger partial charge in [0.05, 0.1) is 0 Å². The van der Waals surface area contributed by atoms with Gasteiger partial charge in [-0.15, -0.1) is 24.8 Å². The average molecular weight is 545 g/mol. The van der Waals surface area contributed by atoms with E-state index in [1.807, 2.05) is 18.2 Å². The Morgan fingerprint density at radius 3 is 2.19 bits per heavy atom. The van der Waals surface area contributed by atoms with Gasteiger partial charge >= 0.3 is 5.97 Å². The Morgan fingerprint density at radius 2 is 1.53 bits per heavy atom. The quantitative estimate of drug-likeness (QED) is 0.432. The Balaban J connectivity index is 0.00000228. The van der Waals surface area contributed by atoms with Crippen LogP contribution in [0.2, 0.25) is 0 Å². The van der Waals surface area contributed by atoms with Gasteiger partial charge in [-0.05, 0) is 48.2 Å². The zero-order valence-corrected chi connectivity index (χ0v) is 22.5. The lowest BCUT2D eigenvalue weighted by atomic mass is 9.87. The number of nitrogens with zero attached hydrogens (tertiary/aromatic N) is 3. The second-order valence-electron chi connectivity index (χ2n) is 9.19. The van der Waals surface area contributed by atoms with E-state index in [4.69, 9.17) is 4.74 Å². The molecule has 0 spiro atoms. The molecule has 2 aliphatic rings. The molecule has 5 nitrogen and oxygen atoms in total. The van der Waals surface area contributed by atoms with Gasteiger partial charge in [0.2, 0.25) is 0 Å². The van der Waals surface area contributed by atoms with E-state index in [0.717, 1.165) is 82.0 Å². The lowest BCUT2D eigenvalue weighted by Crippen LogP contribution is -2.49. The lowest BCUT2D eigenvalue weighted by Gasteiger charge is -2.36. The fourth-order valence-corrected chi connectivity index (χ4v) is 5.01. The topological polar surface area (TPSA) is 36.0 Å². The number of piperazine rings is 1. The van der Waals surface area contributed by atoms with E-state index in [0.29, 0.717) is 13.0 Å². The molecule has 2 aromatic rings. The Kier molecular flexibility index (Phi) is 12.4. The van der Waals surface area contributed by atoms with Crippen LogP contribution in [0.4, 0.5) is 14.5 Å². The fraction of sp³-hybridized carbons (Fsp3) is 0.519. The molecule has 0 N–H and O–H groups in total. The molecule has 2 aliphatic heterocycles. The van der Waals surface area contributed by atoms with Crippen LogP contribution in [-0.2, 0) is 9.53 Å². The predicted octanol–water partition coefficient (Wildman–Crippen LogP) is 5.11. The van der Waals surface area contributed by atoms with Crippen LogP contribution >= 0.6 is 24.8 Å². The predicted molar refractivity (Wildman–Crippen MR) is 145 cm³/mol. The number of esters is 1. The van der Waals surface area contributed by atoms with Crippen LogP contribution < -0.4 is 4.90 Å². The summed E-state index contributed by atoms with van der Waals surface area (Å²) in [6.45, 7) is 9.58. The zero-order valence-electron chi connectivity index (χ0n) is 20.8. The molecule has 2 heterocycles. The standard InChI is InChI=1S/C27H35F2N3O2.2ClH/c1-2-27(33)34-19-18-31-14-12-30(13-15-31)16-17-32-11-3-4-24(21-5-7-22(28)8-6-21)25-10-9-23(29)20-26(25)32;;/h5-10,20,24H,2-4,11-19H2,1H3;2*1H. The second kappa shape index (κ2) is 14.7. The summed E-state index contributed by atoms with van der Waals surface area (Å²) in [6, 6.07) is 11.8. The first kappa shape index (κ1) is 30.3. The number of hydrogen-bond donors (Lipinski definition) is 0. The van der Waals surface area contributed by atoms with E-state index >= 15 is 0 Å². The van der Waals surface area contributed by atoms with Gasteiger partial charge in [0.1, 0.15) is 18.2 Å². The maximum absolute atomic E-state index is 14.3. The summed E-state index contributed by atoms with van der Waals surface area (Å²) >= 11 is 0. The number of ether oxygens (including phenoxy) is 1. The van der Waals surface area contributed by atoms with Crippen LogP contribution in [0.1, 0.15) is 43.2 Å². The number of fused-ring (bicyclic) bond motifs is 1. The minimum absolute atomic E-state index is 0. The van der Waals surface area contributed by atoms with Crippen molar-refractivity contribution >= 4 is 36.5 Å². The smallest absolute Gasteiger partial charge is 0.305 e. The maximum atomic E-state index is 14.3. The zero-order chi connectivity index (χ0) is 23.9. The molecule has 4 rings (SSSR count). The largest absolute Gasteiger partial charge is 0.464 e. The van der Waals surface area contributed by atoms with Crippen LogP contribution in [-0.4, -0.2) is 74.7 Å². The van der Waals surface area contributed by atoms with Crippen molar-refractivity contribution < 1.29 is 18.3 Å². The first-order chi connectivity index (χ1) is 16.5. The van der Waals surface area contributed by atoms with Gasteiger partial charge in [0, 0.05) is 70.4 Å². The molecule has 0 aromatic heterocycles. The molecule has 0 amide bonds. The molecule has 0 radical (unpaired) electrons. The number of halogens is 4. The lowest BCUT2D eigenvalue weighted by molar-refractivity contribution is -0.143. The van der Waals surface area contributed by atoms with Crippen LogP contribution in [0.3, 0.4) is 0 Å². The molecular formula is C27H37Cl2F2N3O2. The SMILES string of the molecule is CCC(=O)OCCN1CCN(CCN2CCCC(c3ccc(F)cc3)c3ccc(F)cc32)CC1.Cl.Cl. The van der Waals surface area contributed by atoms with Crippen LogP contribution in [0.5, 0.6) is 0 Å². The maximum Gasteiger partial charge on any atom is 0.305 e. The summed E-state index contributed by atoms with van der Waals surface area (Å²) in [4.78, 5) is 18.4. The highest BCUT2D eigenvalue weighted by Gasteiger charge is 2.26. The van der Waals surface area contributed by atoms with E-state index in [1.165, 1.54) is 18.2 Å². The average Bonchev–Trinajstić information content (AvgIpc) is 3.03. The first-order valence-corrected chi connectivity index (χ1v) is 12.4. The number of anilines is 1. The summed E-state index contributed by atoms with van der Waals surface area (Å²) < 4.78 is 32.9. The molecule has 9 heteroatoms. The number of rotatable bonds is 8. The van der Waals surface area contributed by atoms with Gasteiger partial charge in [0.15, 0.2) is 0 Å². The molecule has 0 aliphatic carbocycles. The van der Waals surface area contributed by atoms with Crippen molar-refractivity contribution in [2.24, 2.45) is 0 Å². The minimum atomic E-state index is -0.236.